The Labute approximate surface area is 152 Å². The SMILES string of the molecule is COc1nccc2c(OCc3ccc(S(=N)(=O)C4CC4)cc3)ccnc12. The van der Waals surface area contributed by atoms with Crippen LogP contribution in [-0.2, 0) is 16.3 Å². The number of hydrogen-bond donors (Lipinski definition) is 1. The van der Waals surface area contributed by atoms with E-state index in [1.165, 1.54) is 0 Å². The van der Waals surface area contributed by atoms with E-state index in [0.717, 1.165) is 23.8 Å². The molecule has 0 bridgehead atoms. The van der Waals surface area contributed by atoms with Gasteiger partial charge in [-0.3, -0.25) is 4.98 Å². The van der Waals surface area contributed by atoms with E-state index in [9.17, 15) is 4.21 Å². The van der Waals surface area contributed by atoms with Crippen LogP contribution in [0.1, 0.15) is 18.4 Å². The summed E-state index contributed by atoms with van der Waals surface area (Å²) in [4.78, 5) is 9.07. The van der Waals surface area contributed by atoms with Crippen LogP contribution >= 0.6 is 0 Å². The van der Waals surface area contributed by atoms with Crippen molar-refractivity contribution in [3.05, 3.63) is 54.4 Å². The van der Waals surface area contributed by atoms with Crippen LogP contribution in [0.2, 0.25) is 0 Å². The molecule has 134 valence electrons. The lowest BCUT2D eigenvalue weighted by atomic mass is 10.2. The van der Waals surface area contributed by atoms with Crippen molar-refractivity contribution in [1.29, 1.82) is 4.78 Å². The van der Waals surface area contributed by atoms with Crippen molar-refractivity contribution in [2.45, 2.75) is 29.6 Å². The summed E-state index contributed by atoms with van der Waals surface area (Å²) in [6.45, 7) is 0.368. The number of nitrogens with zero attached hydrogens (tertiary/aromatic N) is 2. The van der Waals surface area contributed by atoms with Crippen molar-refractivity contribution < 1.29 is 13.7 Å². The first-order chi connectivity index (χ1) is 12.6. The van der Waals surface area contributed by atoms with Gasteiger partial charge in [0, 0.05) is 27.9 Å². The van der Waals surface area contributed by atoms with Crippen LogP contribution in [0.5, 0.6) is 11.6 Å². The molecule has 6 nitrogen and oxygen atoms in total. The van der Waals surface area contributed by atoms with Gasteiger partial charge in [0.25, 0.3) is 0 Å². The van der Waals surface area contributed by atoms with Crippen LogP contribution in [0, 0.1) is 4.78 Å². The number of aromatic nitrogens is 2. The van der Waals surface area contributed by atoms with E-state index >= 15 is 0 Å². The second kappa shape index (κ2) is 6.57. The molecule has 2 aromatic heterocycles. The molecule has 4 rings (SSSR count). The normalized spacial score (nSPS) is 16.2. The monoisotopic (exact) mass is 369 g/mol. The summed E-state index contributed by atoms with van der Waals surface area (Å²) in [5, 5.41) is 0.857. The fourth-order valence-electron chi connectivity index (χ4n) is 2.84. The molecule has 3 aromatic rings. The summed E-state index contributed by atoms with van der Waals surface area (Å²) in [6, 6.07) is 11.0. The lowest BCUT2D eigenvalue weighted by molar-refractivity contribution is 0.309. The third-order valence-corrected chi connectivity index (χ3v) is 6.82. The molecule has 1 atom stereocenters. The number of ether oxygens (including phenoxy) is 2. The summed E-state index contributed by atoms with van der Waals surface area (Å²) < 4.78 is 31.7. The first-order valence-electron chi connectivity index (χ1n) is 8.36. The first kappa shape index (κ1) is 16.8. The molecular formula is C19H19N3O3S. The highest BCUT2D eigenvalue weighted by Gasteiger charge is 2.33. The van der Waals surface area contributed by atoms with E-state index in [0.29, 0.717) is 28.6 Å². The zero-order valence-electron chi connectivity index (χ0n) is 14.3. The van der Waals surface area contributed by atoms with E-state index in [1.54, 1.807) is 37.7 Å². The van der Waals surface area contributed by atoms with Crippen LogP contribution in [-0.4, -0.2) is 26.5 Å². The zero-order chi connectivity index (χ0) is 18.1. The summed E-state index contributed by atoms with van der Waals surface area (Å²) in [5.74, 6) is 1.16. The Morgan fingerprint density at radius 1 is 1.12 bits per heavy atom. The molecule has 1 aliphatic rings. The minimum Gasteiger partial charge on any atom is -0.488 e. The number of pyridine rings is 2. The molecule has 1 saturated carbocycles. The average Bonchev–Trinajstić information content (AvgIpc) is 3.52. The molecule has 1 unspecified atom stereocenters. The van der Waals surface area contributed by atoms with Gasteiger partial charge in [0.1, 0.15) is 17.9 Å². The smallest absolute Gasteiger partial charge is 0.240 e. The largest absolute Gasteiger partial charge is 0.488 e. The van der Waals surface area contributed by atoms with Crippen molar-refractivity contribution in [2.75, 3.05) is 7.11 Å². The molecular weight excluding hydrogens is 350 g/mol. The molecule has 26 heavy (non-hydrogen) atoms. The fraction of sp³-hybridized carbons (Fsp3) is 0.263. The molecule has 0 saturated heterocycles. The Bertz CT molecular complexity index is 1050. The van der Waals surface area contributed by atoms with E-state index in [4.69, 9.17) is 14.3 Å². The lowest BCUT2D eigenvalue weighted by Gasteiger charge is -2.11. The lowest BCUT2D eigenvalue weighted by Crippen LogP contribution is -2.05. The number of nitrogens with one attached hydrogen (secondary N) is 1. The Morgan fingerprint density at radius 3 is 2.54 bits per heavy atom. The van der Waals surface area contributed by atoms with E-state index < -0.39 is 9.73 Å². The van der Waals surface area contributed by atoms with Crippen molar-refractivity contribution in [3.8, 4) is 11.6 Å². The van der Waals surface area contributed by atoms with E-state index in [-0.39, 0.29) is 5.25 Å². The number of hydrogen-bond acceptors (Lipinski definition) is 6. The maximum atomic E-state index is 12.5. The molecule has 1 aromatic carbocycles. The van der Waals surface area contributed by atoms with Gasteiger partial charge in [0.05, 0.1) is 16.8 Å². The fourth-order valence-corrected chi connectivity index (χ4v) is 4.57. The zero-order valence-corrected chi connectivity index (χ0v) is 15.2. The van der Waals surface area contributed by atoms with E-state index in [2.05, 4.69) is 9.97 Å². The highest BCUT2D eigenvalue weighted by atomic mass is 32.2. The minimum atomic E-state index is -2.66. The van der Waals surface area contributed by atoms with Gasteiger partial charge in [-0.25, -0.2) is 14.0 Å². The summed E-state index contributed by atoms with van der Waals surface area (Å²) >= 11 is 0. The maximum Gasteiger partial charge on any atom is 0.240 e. The predicted molar refractivity (Wildman–Crippen MR) is 99.0 cm³/mol. The Balaban J connectivity index is 1.53. The highest BCUT2D eigenvalue weighted by Crippen LogP contribution is 2.34. The third kappa shape index (κ3) is 3.10. The topological polar surface area (TPSA) is 85.2 Å². The predicted octanol–water partition coefficient (Wildman–Crippen LogP) is 3.79. The van der Waals surface area contributed by atoms with Gasteiger partial charge in [0.2, 0.25) is 5.88 Å². The van der Waals surface area contributed by atoms with Crippen LogP contribution in [0.25, 0.3) is 10.9 Å². The molecule has 2 heterocycles. The molecule has 0 spiro atoms. The molecule has 1 fully saturated rings. The minimum absolute atomic E-state index is 0.0244. The van der Waals surface area contributed by atoms with Crippen LogP contribution in [0.3, 0.4) is 0 Å². The molecule has 0 amide bonds. The summed E-state index contributed by atoms with van der Waals surface area (Å²) in [6.07, 6.45) is 5.10. The van der Waals surface area contributed by atoms with Crippen molar-refractivity contribution in [3.63, 3.8) is 0 Å². The molecule has 0 radical (unpaired) electrons. The second-order valence-corrected chi connectivity index (χ2v) is 8.60. The third-order valence-electron chi connectivity index (χ3n) is 4.44. The summed E-state index contributed by atoms with van der Waals surface area (Å²) in [5.41, 5.74) is 1.60. The quantitative estimate of drug-likeness (QED) is 0.714. The Morgan fingerprint density at radius 2 is 1.85 bits per heavy atom. The first-order valence-corrected chi connectivity index (χ1v) is 9.99. The van der Waals surface area contributed by atoms with Crippen LogP contribution in [0.4, 0.5) is 0 Å². The number of benzene rings is 1. The second-order valence-electron chi connectivity index (χ2n) is 6.26. The van der Waals surface area contributed by atoms with Gasteiger partial charge >= 0.3 is 0 Å². The standard InChI is InChI=1S/C19H19N3O3S/c1-24-19-18-16(8-10-22-19)17(9-11-21-18)25-12-13-2-4-14(5-3-13)26(20,23)15-6-7-15/h2-5,8-11,15,20H,6-7,12H2,1H3. The van der Waals surface area contributed by atoms with Crippen LogP contribution < -0.4 is 9.47 Å². The molecule has 7 heteroatoms. The van der Waals surface area contributed by atoms with E-state index in [1.807, 2.05) is 18.2 Å². The van der Waals surface area contributed by atoms with Crippen molar-refractivity contribution >= 4 is 20.6 Å². The van der Waals surface area contributed by atoms with Gasteiger partial charge in [-0.1, -0.05) is 12.1 Å². The van der Waals surface area contributed by atoms with Gasteiger partial charge in [-0.05, 0) is 42.7 Å². The maximum absolute atomic E-state index is 12.5. The average molecular weight is 369 g/mol. The number of methoxy groups -OCH3 is 1. The van der Waals surface area contributed by atoms with Gasteiger partial charge in [-0.15, -0.1) is 0 Å². The Kier molecular flexibility index (Phi) is 4.24. The van der Waals surface area contributed by atoms with Gasteiger partial charge < -0.3 is 9.47 Å². The molecule has 1 N–H and O–H groups in total. The molecule has 1 aliphatic carbocycles. The summed E-state index contributed by atoms with van der Waals surface area (Å²) in [7, 11) is -1.10. The number of rotatable bonds is 6. The van der Waals surface area contributed by atoms with Gasteiger partial charge in [0.15, 0.2) is 0 Å². The molecule has 0 aliphatic heterocycles. The van der Waals surface area contributed by atoms with Crippen molar-refractivity contribution in [1.82, 2.24) is 9.97 Å². The van der Waals surface area contributed by atoms with Crippen LogP contribution in [0.15, 0.2) is 53.7 Å². The number of fused-ring (bicyclic) bond motifs is 1. The van der Waals surface area contributed by atoms with Crippen molar-refractivity contribution in [2.24, 2.45) is 0 Å². The Hall–Kier alpha value is -2.67. The highest BCUT2D eigenvalue weighted by molar-refractivity contribution is 7.93. The van der Waals surface area contributed by atoms with Gasteiger partial charge in [-0.2, -0.15) is 0 Å².